The maximum Gasteiger partial charge on any atom is 0.407 e. The molecule has 124 valence electrons. The highest BCUT2D eigenvalue weighted by molar-refractivity contribution is 9.10. The van der Waals surface area contributed by atoms with Gasteiger partial charge in [-0.2, -0.15) is 0 Å². The van der Waals surface area contributed by atoms with Crippen LogP contribution in [-0.4, -0.2) is 34.6 Å². The number of hydrogen-bond donors (Lipinski definition) is 3. The second-order valence-corrected chi connectivity index (χ2v) is 6.81. The molecule has 3 N–H and O–H groups in total. The van der Waals surface area contributed by atoms with E-state index in [1.165, 1.54) is 12.1 Å². The van der Waals surface area contributed by atoms with Crippen molar-refractivity contribution in [3.05, 3.63) is 34.1 Å². The van der Waals surface area contributed by atoms with Crippen molar-refractivity contribution in [1.82, 2.24) is 5.32 Å². The third-order valence-electron chi connectivity index (χ3n) is 2.75. The maximum absolute atomic E-state index is 13.7. The van der Waals surface area contributed by atoms with Crippen molar-refractivity contribution >= 4 is 22.0 Å². The maximum atomic E-state index is 13.7. The van der Waals surface area contributed by atoms with Gasteiger partial charge in [0.2, 0.25) is 0 Å². The number of alkyl carbamates (subject to hydrolysis) is 1. The lowest BCUT2D eigenvalue weighted by atomic mass is 10.0. The fourth-order valence-electron chi connectivity index (χ4n) is 1.74. The molecule has 0 heterocycles. The van der Waals surface area contributed by atoms with E-state index < -0.39 is 29.7 Å². The van der Waals surface area contributed by atoms with E-state index in [9.17, 15) is 19.4 Å². The van der Waals surface area contributed by atoms with Gasteiger partial charge in [-0.05, 0) is 39.3 Å². The van der Waals surface area contributed by atoms with E-state index in [0.717, 1.165) is 0 Å². The fraction of sp³-hybridized carbons (Fsp3) is 0.533. The summed E-state index contributed by atoms with van der Waals surface area (Å²) in [5, 5.41) is 22.3. The molecule has 0 aliphatic heterocycles. The van der Waals surface area contributed by atoms with Crippen LogP contribution in [0.1, 0.15) is 38.9 Å². The smallest absolute Gasteiger partial charge is 0.407 e. The van der Waals surface area contributed by atoms with Crippen molar-refractivity contribution in [2.24, 2.45) is 0 Å². The number of halogens is 2. The molecule has 1 amide bonds. The van der Waals surface area contributed by atoms with Gasteiger partial charge in [0.25, 0.3) is 0 Å². The van der Waals surface area contributed by atoms with Crippen molar-refractivity contribution in [3.63, 3.8) is 0 Å². The molecule has 0 aliphatic carbocycles. The van der Waals surface area contributed by atoms with Crippen molar-refractivity contribution < 1.29 is 24.1 Å². The third kappa shape index (κ3) is 6.29. The molecule has 2 atom stereocenters. The molecular formula is C15H21BrFNO4. The van der Waals surface area contributed by atoms with Gasteiger partial charge in [0.1, 0.15) is 17.5 Å². The van der Waals surface area contributed by atoms with E-state index in [1.807, 2.05) is 0 Å². The lowest BCUT2D eigenvalue weighted by molar-refractivity contribution is 0.0103. The monoisotopic (exact) mass is 377 g/mol. The van der Waals surface area contributed by atoms with Gasteiger partial charge in [-0.25, -0.2) is 9.18 Å². The van der Waals surface area contributed by atoms with Crippen LogP contribution in [-0.2, 0) is 4.74 Å². The minimum absolute atomic E-state index is 0.00738. The van der Waals surface area contributed by atoms with E-state index in [-0.39, 0.29) is 18.5 Å². The molecule has 2 unspecified atom stereocenters. The number of aliphatic hydroxyl groups is 2. The zero-order valence-electron chi connectivity index (χ0n) is 12.8. The third-order valence-corrected chi connectivity index (χ3v) is 3.25. The number of amides is 1. The highest BCUT2D eigenvalue weighted by Gasteiger charge is 2.22. The van der Waals surface area contributed by atoms with Gasteiger partial charge in [0, 0.05) is 16.6 Å². The molecule has 1 aromatic rings. The summed E-state index contributed by atoms with van der Waals surface area (Å²) < 4.78 is 19.3. The molecular weight excluding hydrogens is 357 g/mol. The summed E-state index contributed by atoms with van der Waals surface area (Å²) in [6.07, 6.45) is -3.11. The molecule has 0 fully saturated rings. The number of ether oxygens (including phenoxy) is 1. The molecule has 0 saturated carbocycles. The van der Waals surface area contributed by atoms with Gasteiger partial charge in [0.15, 0.2) is 0 Å². The molecule has 0 aliphatic rings. The number of carbonyl (C=O) groups is 1. The zero-order valence-corrected chi connectivity index (χ0v) is 14.4. The molecule has 1 aromatic carbocycles. The van der Waals surface area contributed by atoms with Crippen LogP contribution >= 0.6 is 15.9 Å². The lowest BCUT2D eigenvalue weighted by Gasteiger charge is -2.21. The number of rotatable bonds is 5. The van der Waals surface area contributed by atoms with Crippen LogP contribution in [0.4, 0.5) is 9.18 Å². The van der Waals surface area contributed by atoms with Crippen LogP contribution in [0, 0.1) is 5.82 Å². The first-order valence-corrected chi connectivity index (χ1v) is 7.67. The van der Waals surface area contributed by atoms with Crippen LogP contribution in [0.2, 0.25) is 0 Å². The van der Waals surface area contributed by atoms with Gasteiger partial charge in [-0.3, -0.25) is 0 Å². The largest absolute Gasteiger partial charge is 0.444 e. The molecule has 1 rings (SSSR count). The van der Waals surface area contributed by atoms with Crippen molar-refractivity contribution in [1.29, 1.82) is 0 Å². The van der Waals surface area contributed by atoms with E-state index in [4.69, 9.17) is 4.74 Å². The molecule has 5 nitrogen and oxygen atoms in total. The Balaban J connectivity index is 2.48. The Kier molecular flexibility index (Phi) is 6.77. The molecule has 0 aromatic heterocycles. The summed E-state index contributed by atoms with van der Waals surface area (Å²) in [5.41, 5.74) is -0.601. The van der Waals surface area contributed by atoms with Crippen molar-refractivity contribution in [2.45, 2.75) is 45.0 Å². The highest BCUT2D eigenvalue weighted by atomic mass is 79.9. The first-order valence-electron chi connectivity index (χ1n) is 6.88. The van der Waals surface area contributed by atoms with Crippen LogP contribution in [0.3, 0.4) is 0 Å². The van der Waals surface area contributed by atoms with Gasteiger partial charge in [-0.15, -0.1) is 0 Å². The molecule has 7 heteroatoms. The summed E-state index contributed by atoms with van der Waals surface area (Å²) in [6.45, 7) is 5.32. The average Bonchev–Trinajstić information content (AvgIpc) is 2.35. The second kappa shape index (κ2) is 7.89. The van der Waals surface area contributed by atoms with E-state index in [0.29, 0.717) is 4.47 Å². The van der Waals surface area contributed by atoms with Crippen LogP contribution < -0.4 is 5.32 Å². The van der Waals surface area contributed by atoms with Crippen molar-refractivity contribution in [3.8, 4) is 0 Å². The summed E-state index contributed by atoms with van der Waals surface area (Å²) in [7, 11) is 0. The predicted octanol–water partition coefficient (Wildman–Crippen LogP) is 2.90. The van der Waals surface area contributed by atoms with E-state index >= 15 is 0 Å². The lowest BCUT2D eigenvalue weighted by Crippen LogP contribution is -2.34. The SMILES string of the molecule is CC(C)(C)OC(=O)NCCC(O)C(O)c1ccc(Br)cc1F. The number of hydrogen-bond acceptors (Lipinski definition) is 4. The number of nitrogens with one attached hydrogen (secondary N) is 1. The average molecular weight is 378 g/mol. The molecule has 0 saturated heterocycles. The van der Waals surface area contributed by atoms with E-state index in [1.54, 1.807) is 26.8 Å². The minimum Gasteiger partial charge on any atom is -0.444 e. The summed E-state index contributed by atoms with van der Waals surface area (Å²) in [5.74, 6) is -0.610. The second-order valence-electron chi connectivity index (χ2n) is 5.90. The predicted molar refractivity (Wildman–Crippen MR) is 83.9 cm³/mol. The van der Waals surface area contributed by atoms with Crippen LogP contribution in [0.25, 0.3) is 0 Å². The standard InChI is InChI=1S/C15H21BrFNO4/c1-15(2,3)22-14(21)18-7-6-12(19)13(20)10-5-4-9(16)8-11(10)17/h4-5,8,12-13,19-20H,6-7H2,1-3H3,(H,18,21). The van der Waals surface area contributed by atoms with Gasteiger partial charge < -0.3 is 20.3 Å². The summed E-state index contributed by atoms with van der Waals surface area (Å²) in [4.78, 5) is 11.4. The minimum atomic E-state index is -1.37. The summed E-state index contributed by atoms with van der Waals surface area (Å²) >= 11 is 3.12. The Hall–Kier alpha value is -1.18. The summed E-state index contributed by atoms with van der Waals surface area (Å²) in [6, 6.07) is 4.19. The Bertz CT molecular complexity index is 519. The first kappa shape index (κ1) is 18.9. The quantitative estimate of drug-likeness (QED) is 0.736. The Morgan fingerprint density at radius 1 is 1.41 bits per heavy atom. The van der Waals surface area contributed by atoms with E-state index in [2.05, 4.69) is 21.2 Å². The van der Waals surface area contributed by atoms with Crippen molar-refractivity contribution in [2.75, 3.05) is 6.54 Å². The highest BCUT2D eigenvalue weighted by Crippen LogP contribution is 2.24. The Morgan fingerprint density at radius 3 is 2.59 bits per heavy atom. The molecule has 0 bridgehead atoms. The topological polar surface area (TPSA) is 78.8 Å². The van der Waals surface area contributed by atoms with Gasteiger partial charge in [-0.1, -0.05) is 22.0 Å². The zero-order chi connectivity index (χ0) is 16.9. The van der Waals surface area contributed by atoms with Crippen LogP contribution in [0.5, 0.6) is 0 Å². The van der Waals surface area contributed by atoms with Crippen LogP contribution in [0.15, 0.2) is 22.7 Å². The van der Waals surface area contributed by atoms with Gasteiger partial charge in [0.05, 0.1) is 6.10 Å². The Morgan fingerprint density at radius 2 is 2.05 bits per heavy atom. The number of carbonyl (C=O) groups excluding carboxylic acids is 1. The number of aliphatic hydroxyl groups excluding tert-OH is 2. The molecule has 22 heavy (non-hydrogen) atoms. The molecule has 0 spiro atoms. The first-order chi connectivity index (χ1) is 10.1. The van der Waals surface area contributed by atoms with Gasteiger partial charge >= 0.3 is 6.09 Å². The number of benzene rings is 1. The fourth-order valence-corrected chi connectivity index (χ4v) is 2.08. The Labute approximate surface area is 137 Å². The normalized spacial score (nSPS) is 14.3. The molecule has 0 radical (unpaired) electrons.